The highest BCUT2D eigenvalue weighted by Gasteiger charge is 2.08. The molecule has 4 nitrogen and oxygen atoms in total. The fourth-order valence-electron chi connectivity index (χ4n) is 1.38. The lowest BCUT2D eigenvalue weighted by Crippen LogP contribution is -2.14. The van der Waals surface area contributed by atoms with Crippen molar-refractivity contribution in [3.63, 3.8) is 0 Å². The molecule has 1 heterocycles. The Balaban J connectivity index is 2.35. The number of hydrogen-bond acceptors (Lipinski definition) is 4. The maximum Gasteiger partial charge on any atom is 0.171 e. The van der Waals surface area contributed by atoms with Crippen LogP contribution in [0.5, 0.6) is 0 Å². The third-order valence-corrected chi connectivity index (χ3v) is 3.46. The van der Waals surface area contributed by atoms with E-state index in [1.165, 1.54) is 11.8 Å². The third kappa shape index (κ3) is 2.94. The number of nitrogens with zero attached hydrogens (tertiary/aromatic N) is 2. The molecular formula is C12H10ClN3OS. The van der Waals surface area contributed by atoms with E-state index in [-0.39, 0.29) is 5.84 Å². The smallest absolute Gasteiger partial charge is 0.171 e. The van der Waals surface area contributed by atoms with Crippen molar-refractivity contribution in [1.82, 2.24) is 4.98 Å². The highest BCUT2D eigenvalue weighted by atomic mass is 35.5. The van der Waals surface area contributed by atoms with Crippen LogP contribution in [0.3, 0.4) is 0 Å². The van der Waals surface area contributed by atoms with Gasteiger partial charge in [0.1, 0.15) is 0 Å². The number of halogens is 1. The molecule has 0 aliphatic heterocycles. The zero-order valence-electron chi connectivity index (χ0n) is 9.25. The van der Waals surface area contributed by atoms with E-state index in [0.29, 0.717) is 10.6 Å². The van der Waals surface area contributed by atoms with Crippen LogP contribution in [-0.2, 0) is 0 Å². The van der Waals surface area contributed by atoms with Gasteiger partial charge in [0.2, 0.25) is 0 Å². The molecule has 2 rings (SSSR count). The first-order chi connectivity index (χ1) is 8.70. The number of benzene rings is 1. The first kappa shape index (κ1) is 12.7. The minimum atomic E-state index is 0.0573. The highest BCUT2D eigenvalue weighted by Crippen LogP contribution is 2.31. The van der Waals surface area contributed by atoms with Gasteiger partial charge in [-0.25, -0.2) is 0 Å². The second kappa shape index (κ2) is 5.75. The predicted octanol–water partition coefficient (Wildman–Crippen LogP) is 2.98. The molecule has 0 amide bonds. The molecule has 1 aromatic heterocycles. The van der Waals surface area contributed by atoms with Gasteiger partial charge in [0.05, 0.1) is 0 Å². The summed E-state index contributed by atoms with van der Waals surface area (Å²) in [5, 5.41) is 12.4. The minimum Gasteiger partial charge on any atom is -0.409 e. The number of hydrogen-bond donors (Lipinski definition) is 2. The Morgan fingerprint density at radius 1 is 1.39 bits per heavy atom. The summed E-state index contributed by atoms with van der Waals surface area (Å²) in [6, 6.07) is 9.14. The van der Waals surface area contributed by atoms with E-state index in [1.54, 1.807) is 24.5 Å². The molecule has 0 atom stereocenters. The van der Waals surface area contributed by atoms with Crippen LogP contribution in [0.1, 0.15) is 5.56 Å². The second-order valence-electron chi connectivity index (χ2n) is 3.42. The van der Waals surface area contributed by atoms with E-state index in [2.05, 4.69) is 10.1 Å². The zero-order valence-corrected chi connectivity index (χ0v) is 10.8. The Kier molecular flexibility index (Phi) is 4.07. The fraction of sp³-hybridized carbons (Fsp3) is 0. The van der Waals surface area contributed by atoms with Crippen molar-refractivity contribution in [3.8, 4) is 0 Å². The van der Waals surface area contributed by atoms with Crippen molar-refractivity contribution in [1.29, 1.82) is 0 Å². The zero-order chi connectivity index (χ0) is 13.0. The molecule has 0 spiro atoms. The Bertz CT molecular complexity index is 589. The monoisotopic (exact) mass is 279 g/mol. The Hall–Kier alpha value is -1.72. The average Bonchev–Trinajstić information content (AvgIpc) is 2.38. The van der Waals surface area contributed by atoms with Gasteiger partial charge in [-0.15, -0.1) is 0 Å². The van der Waals surface area contributed by atoms with Crippen molar-refractivity contribution < 1.29 is 5.21 Å². The van der Waals surface area contributed by atoms with E-state index >= 15 is 0 Å². The SMILES string of the molecule is NC(=NO)c1ccncc1Sc1cccc(Cl)c1. The third-order valence-electron chi connectivity index (χ3n) is 2.19. The van der Waals surface area contributed by atoms with Crippen LogP contribution in [0, 0.1) is 0 Å². The van der Waals surface area contributed by atoms with Crippen molar-refractivity contribution in [2.75, 3.05) is 0 Å². The summed E-state index contributed by atoms with van der Waals surface area (Å²) >= 11 is 7.38. The molecule has 6 heteroatoms. The summed E-state index contributed by atoms with van der Waals surface area (Å²) in [6.07, 6.45) is 3.26. The minimum absolute atomic E-state index is 0.0573. The molecule has 0 fully saturated rings. The van der Waals surface area contributed by atoms with E-state index in [1.807, 2.05) is 18.2 Å². The van der Waals surface area contributed by atoms with Gasteiger partial charge < -0.3 is 10.9 Å². The van der Waals surface area contributed by atoms with Crippen LogP contribution in [0.2, 0.25) is 5.02 Å². The topological polar surface area (TPSA) is 71.5 Å². The van der Waals surface area contributed by atoms with Gasteiger partial charge in [0.15, 0.2) is 5.84 Å². The van der Waals surface area contributed by atoms with Gasteiger partial charge in [0.25, 0.3) is 0 Å². The van der Waals surface area contributed by atoms with Crippen LogP contribution in [0.25, 0.3) is 0 Å². The van der Waals surface area contributed by atoms with E-state index in [9.17, 15) is 0 Å². The molecule has 18 heavy (non-hydrogen) atoms. The van der Waals surface area contributed by atoms with Gasteiger partial charge in [-0.3, -0.25) is 4.98 Å². The quantitative estimate of drug-likeness (QED) is 0.392. The van der Waals surface area contributed by atoms with Gasteiger partial charge in [0, 0.05) is 32.8 Å². The molecule has 0 unspecified atom stereocenters. The summed E-state index contributed by atoms with van der Waals surface area (Å²) in [7, 11) is 0. The highest BCUT2D eigenvalue weighted by molar-refractivity contribution is 7.99. The molecular weight excluding hydrogens is 270 g/mol. The molecule has 0 aliphatic carbocycles. The second-order valence-corrected chi connectivity index (χ2v) is 4.97. The van der Waals surface area contributed by atoms with Crippen molar-refractivity contribution in [3.05, 3.63) is 53.3 Å². The van der Waals surface area contributed by atoms with E-state index < -0.39 is 0 Å². The molecule has 92 valence electrons. The van der Waals surface area contributed by atoms with E-state index in [4.69, 9.17) is 22.5 Å². The summed E-state index contributed by atoms with van der Waals surface area (Å²) in [4.78, 5) is 5.80. The number of nitrogens with two attached hydrogens (primary N) is 1. The number of aromatic nitrogens is 1. The lowest BCUT2D eigenvalue weighted by atomic mass is 10.2. The first-order valence-corrected chi connectivity index (χ1v) is 6.25. The first-order valence-electron chi connectivity index (χ1n) is 5.06. The van der Waals surface area contributed by atoms with Crippen LogP contribution in [0.4, 0.5) is 0 Å². The number of oxime groups is 1. The Labute approximate surface area is 113 Å². The number of rotatable bonds is 3. The van der Waals surface area contributed by atoms with Crippen LogP contribution in [0.15, 0.2) is 57.7 Å². The molecule has 1 aromatic carbocycles. The largest absolute Gasteiger partial charge is 0.409 e. The van der Waals surface area contributed by atoms with Gasteiger partial charge in [-0.2, -0.15) is 0 Å². The lowest BCUT2D eigenvalue weighted by Gasteiger charge is -2.07. The lowest BCUT2D eigenvalue weighted by molar-refractivity contribution is 0.318. The van der Waals surface area contributed by atoms with Gasteiger partial charge >= 0.3 is 0 Å². The normalized spacial score (nSPS) is 11.5. The molecule has 3 N–H and O–H groups in total. The molecule has 0 aliphatic rings. The summed E-state index contributed by atoms with van der Waals surface area (Å²) < 4.78 is 0. The Morgan fingerprint density at radius 2 is 2.22 bits per heavy atom. The maximum atomic E-state index is 8.74. The van der Waals surface area contributed by atoms with Gasteiger partial charge in [-0.1, -0.05) is 34.6 Å². The van der Waals surface area contributed by atoms with Gasteiger partial charge in [-0.05, 0) is 24.3 Å². The van der Waals surface area contributed by atoms with Crippen LogP contribution < -0.4 is 5.73 Å². The molecule has 0 saturated carbocycles. The summed E-state index contributed by atoms with van der Waals surface area (Å²) in [6.45, 7) is 0. The Morgan fingerprint density at radius 3 is 2.94 bits per heavy atom. The van der Waals surface area contributed by atoms with E-state index in [0.717, 1.165) is 9.79 Å². The average molecular weight is 280 g/mol. The molecule has 2 aromatic rings. The maximum absolute atomic E-state index is 8.74. The molecule has 0 saturated heterocycles. The van der Waals surface area contributed by atoms with Crippen molar-refractivity contribution in [2.24, 2.45) is 10.9 Å². The molecule has 0 radical (unpaired) electrons. The number of pyridine rings is 1. The molecule has 0 bridgehead atoms. The fourth-order valence-corrected chi connectivity index (χ4v) is 2.62. The number of amidine groups is 1. The summed E-state index contributed by atoms with van der Waals surface area (Å²) in [5.41, 5.74) is 6.25. The van der Waals surface area contributed by atoms with Crippen LogP contribution >= 0.6 is 23.4 Å². The van der Waals surface area contributed by atoms with Crippen molar-refractivity contribution >= 4 is 29.2 Å². The predicted molar refractivity (Wildman–Crippen MR) is 72.3 cm³/mol. The summed E-state index contributed by atoms with van der Waals surface area (Å²) in [5.74, 6) is 0.0573. The van der Waals surface area contributed by atoms with Crippen LogP contribution in [-0.4, -0.2) is 16.0 Å². The standard InChI is InChI=1S/C12H10ClN3OS/c13-8-2-1-3-9(6-8)18-11-7-15-5-4-10(11)12(14)16-17/h1-7,17H,(H2,14,16). The van der Waals surface area contributed by atoms with Crippen molar-refractivity contribution in [2.45, 2.75) is 9.79 Å².